The summed E-state index contributed by atoms with van der Waals surface area (Å²) in [6.45, 7) is 6.26. The van der Waals surface area contributed by atoms with Crippen molar-refractivity contribution in [2.45, 2.75) is 40.0 Å². The van der Waals surface area contributed by atoms with Crippen LogP contribution >= 0.6 is 11.3 Å². The average molecular weight is 277 g/mol. The first-order valence-electron chi connectivity index (χ1n) is 6.59. The number of carbonyl (C=O) groups is 1. The van der Waals surface area contributed by atoms with E-state index in [0.29, 0.717) is 5.82 Å². The van der Waals surface area contributed by atoms with Crippen LogP contribution in [0.2, 0.25) is 0 Å². The van der Waals surface area contributed by atoms with Gasteiger partial charge in [-0.1, -0.05) is 20.3 Å². The number of aromatic amines is 1. The van der Waals surface area contributed by atoms with Crippen LogP contribution in [-0.4, -0.2) is 16.1 Å². The highest BCUT2D eigenvalue weighted by atomic mass is 32.1. The fraction of sp³-hybridized carbons (Fsp3) is 0.429. The maximum Gasteiger partial charge on any atom is 0.266 e. The third-order valence-electron chi connectivity index (χ3n) is 3.02. The van der Waals surface area contributed by atoms with Gasteiger partial charge in [0.2, 0.25) is 0 Å². The summed E-state index contributed by atoms with van der Waals surface area (Å²) in [4.78, 5) is 14.1. The van der Waals surface area contributed by atoms with Crippen molar-refractivity contribution in [3.63, 3.8) is 0 Å². The number of nitrogens with one attached hydrogen (secondary N) is 2. The Morgan fingerprint density at radius 1 is 1.42 bits per heavy atom. The van der Waals surface area contributed by atoms with Crippen molar-refractivity contribution in [3.8, 4) is 0 Å². The highest BCUT2D eigenvalue weighted by Crippen LogP contribution is 2.22. The molecule has 0 saturated heterocycles. The zero-order valence-electron chi connectivity index (χ0n) is 11.5. The van der Waals surface area contributed by atoms with Gasteiger partial charge in [-0.05, 0) is 31.4 Å². The Kier molecular flexibility index (Phi) is 4.37. The first kappa shape index (κ1) is 13.8. The first-order valence-corrected chi connectivity index (χ1v) is 7.40. The summed E-state index contributed by atoms with van der Waals surface area (Å²) in [7, 11) is 0. The lowest BCUT2D eigenvalue weighted by molar-refractivity contribution is 0.103. The first-order chi connectivity index (χ1) is 9.13. The number of thiophene rings is 1. The van der Waals surface area contributed by atoms with Gasteiger partial charge < -0.3 is 5.32 Å². The predicted octanol–water partition coefficient (Wildman–Crippen LogP) is 3.55. The van der Waals surface area contributed by atoms with Gasteiger partial charge in [-0.2, -0.15) is 5.10 Å². The van der Waals surface area contributed by atoms with Gasteiger partial charge in [0.25, 0.3) is 5.91 Å². The minimum atomic E-state index is -0.0812. The summed E-state index contributed by atoms with van der Waals surface area (Å²) >= 11 is 1.53. The van der Waals surface area contributed by atoms with E-state index in [1.807, 2.05) is 19.1 Å². The number of H-pyrrole nitrogens is 1. The monoisotopic (exact) mass is 277 g/mol. The van der Waals surface area contributed by atoms with Crippen molar-refractivity contribution in [2.75, 3.05) is 5.32 Å². The Bertz CT molecular complexity index is 571. The SMILES string of the molecule is CCCc1cc(NC(=O)c2cc(CC)c(C)s2)n[nH]1. The molecule has 0 aliphatic rings. The van der Waals surface area contributed by atoms with E-state index in [4.69, 9.17) is 0 Å². The summed E-state index contributed by atoms with van der Waals surface area (Å²) in [5.41, 5.74) is 2.29. The Morgan fingerprint density at radius 2 is 2.21 bits per heavy atom. The van der Waals surface area contributed by atoms with Crippen molar-refractivity contribution >= 4 is 23.1 Å². The molecule has 0 radical (unpaired) electrons. The molecule has 0 aliphatic heterocycles. The molecule has 0 unspecified atom stereocenters. The molecule has 5 heteroatoms. The molecule has 102 valence electrons. The second-order valence-electron chi connectivity index (χ2n) is 4.53. The van der Waals surface area contributed by atoms with E-state index in [1.54, 1.807) is 0 Å². The van der Waals surface area contributed by atoms with Crippen LogP contribution in [0.1, 0.15) is 46.1 Å². The molecule has 0 fully saturated rings. The third kappa shape index (κ3) is 3.23. The zero-order valence-corrected chi connectivity index (χ0v) is 12.4. The Hall–Kier alpha value is -1.62. The molecule has 0 aliphatic carbocycles. The van der Waals surface area contributed by atoms with E-state index in [2.05, 4.69) is 29.4 Å². The Labute approximate surface area is 117 Å². The maximum absolute atomic E-state index is 12.1. The summed E-state index contributed by atoms with van der Waals surface area (Å²) in [5, 5.41) is 9.86. The number of hydrogen-bond acceptors (Lipinski definition) is 3. The number of aromatic nitrogens is 2. The van der Waals surface area contributed by atoms with Crippen LogP contribution < -0.4 is 5.32 Å². The van der Waals surface area contributed by atoms with Gasteiger partial charge in [0.05, 0.1) is 4.88 Å². The second-order valence-corrected chi connectivity index (χ2v) is 5.78. The highest BCUT2D eigenvalue weighted by molar-refractivity contribution is 7.14. The average Bonchev–Trinajstić information content (AvgIpc) is 2.96. The molecule has 2 N–H and O–H groups in total. The fourth-order valence-electron chi connectivity index (χ4n) is 1.98. The van der Waals surface area contributed by atoms with Crippen molar-refractivity contribution in [1.82, 2.24) is 10.2 Å². The molecule has 0 saturated carbocycles. The van der Waals surface area contributed by atoms with E-state index in [-0.39, 0.29) is 5.91 Å². The number of hydrogen-bond donors (Lipinski definition) is 2. The van der Waals surface area contributed by atoms with Gasteiger partial charge in [0.15, 0.2) is 5.82 Å². The van der Waals surface area contributed by atoms with Gasteiger partial charge >= 0.3 is 0 Å². The predicted molar refractivity (Wildman–Crippen MR) is 79.0 cm³/mol. The number of rotatable bonds is 5. The lowest BCUT2D eigenvalue weighted by atomic mass is 10.2. The second kappa shape index (κ2) is 6.02. The quantitative estimate of drug-likeness (QED) is 0.878. The number of carbonyl (C=O) groups excluding carboxylic acids is 1. The third-order valence-corrected chi connectivity index (χ3v) is 4.11. The molecule has 2 heterocycles. The molecule has 2 aromatic heterocycles. The van der Waals surface area contributed by atoms with Gasteiger partial charge in [-0.3, -0.25) is 9.89 Å². The molecule has 0 bridgehead atoms. The topological polar surface area (TPSA) is 57.8 Å². The van der Waals surface area contributed by atoms with Crippen LogP contribution in [0.25, 0.3) is 0 Å². The smallest absolute Gasteiger partial charge is 0.266 e. The van der Waals surface area contributed by atoms with Crippen LogP contribution in [0, 0.1) is 6.92 Å². The van der Waals surface area contributed by atoms with Crippen LogP contribution in [-0.2, 0) is 12.8 Å². The minimum Gasteiger partial charge on any atom is -0.304 e. The number of nitrogens with zero attached hydrogens (tertiary/aromatic N) is 1. The van der Waals surface area contributed by atoms with Gasteiger partial charge in [-0.15, -0.1) is 11.3 Å². The van der Waals surface area contributed by atoms with Crippen molar-refractivity contribution in [2.24, 2.45) is 0 Å². The molecule has 2 rings (SSSR count). The molecule has 2 aromatic rings. The molecular weight excluding hydrogens is 258 g/mol. The van der Waals surface area contributed by atoms with Gasteiger partial charge in [0, 0.05) is 16.6 Å². The van der Waals surface area contributed by atoms with E-state index >= 15 is 0 Å². The summed E-state index contributed by atoms with van der Waals surface area (Å²) in [6, 6.07) is 3.86. The van der Waals surface area contributed by atoms with Crippen LogP contribution in [0.15, 0.2) is 12.1 Å². The number of anilines is 1. The van der Waals surface area contributed by atoms with E-state index < -0.39 is 0 Å². The summed E-state index contributed by atoms with van der Waals surface area (Å²) in [6.07, 6.45) is 2.96. The molecular formula is C14H19N3OS. The van der Waals surface area contributed by atoms with Crippen LogP contribution in [0.4, 0.5) is 5.82 Å². The Balaban J connectivity index is 2.06. The number of amides is 1. The number of aryl methyl sites for hydroxylation is 3. The minimum absolute atomic E-state index is 0.0812. The fourth-order valence-corrected chi connectivity index (χ4v) is 2.99. The van der Waals surface area contributed by atoms with Crippen LogP contribution in [0.5, 0.6) is 0 Å². The zero-order chi connectivity index (χ0) is 13.8. The maximum atomic E-state index is 12.1. The van der Waals surface area contributed by atoms with Crippen molar-refractivity contribution in [1.29, 1.82) is 0 Å². The van der Waals surface area contributed by atoms with Crippen LogP contribution in [0.3, 0.4) is 0 Å². The lowest BCUT2D eigenvalue weighted by Gasteiger charge is -1.97. The lowest BCUT2D eigenvalue weighted by Crippen LogP contribution is -2.10. The molecule has 0 atom stereocenters. The summed E-state index contributed by atoms with van der Waals surface area (Å²) < 4.78 is 0. The van der Waals surface area contributed by atoms with E-state index in [9.17, 15) is 4.79 Å². The molecule has 4 nitrogen and oxygen atoms in total. The van der Waals surface area contributed by atoms with Gasteiger partial charge in [-0.25, -0.2) is 0 Å². The van der Waals surface area contributed by atoms with E-state index in [1.165, 1.54) is 21.8 Å². The van der Waals surface area contributed by atoms with Gasteiger partial charge in [0.1, 0.15) is 0 Å². The normalized spacial score (nSPS) is 10.7. The molecule has 0 spiro atoms. The Morgan fingerprint density at radius 3 is 2.84 bits per heavy atom. The summed E-state index contributed by atoms with van der Waals surface area (Å²) in [5.74, 6) is 0.514. The van der Waals surface area contributed by atoms with E-state index in [0.717, 1.165) is 29.8 Å². The largest absolute Gasteiger partial charge is 0.304 e. The molecule has 1 amide bonds. The van der Waals surface area contributed by atoms with Crippen molar-refractivity contribution in [3.05, 3.63) is 33.1 Å². The molecule has 0 aromatic carbocycles. The highest BCUT2D eigenvalue weighted by Gasteiger charge is 2.13. The molecule has 19 heavy (non-hydrogen) atoms. The van der Waals surface area contributed by atoms with Crippen molar-refractivity contribution < 1.29 is 4.79 Å². The standard InChI is InChI=1S/C14H19N3OS/c1-4-6-11-8-13(17-16-11)15-14(18)12-7-10(5-2)9(3)19-12/h7-8H,4-6H2,1-3H3,(H2,15,16,17,18).